The first-order chi connectivity index (χ1) is 11.5. The number of hydrogen-bond acceptors (Lipinski definition) is 8. The zero-order chi connectivity index (χ0) is 17.5. The van der Waals surface area contributed by atoms with E-state index < -0.39 is 5.91 Å². The molecule has 0 aliphatic carbocycles. The second-order valence-electron chi connectivity index (χ2n) is 4.94. The standard InChI is InChI=1S/C15H19N7O2/c16-11-3-2-9(21-12-4-6-20-15(18)22-12)8-10(11)13(17)14(24)19-5-1-7-23/h2-4,6,8,17,23H,1,5,7,16H2,(H,19,24)(H3,18,20,21,22). The Hall–Kier alpha value is -3.20. The predicted octanol–water partition coefficient (Wildman–Crippen LogP) is 0.251. The Bertz CT molecular complexity index is 748. The summed E-state index contributed by atoms with van der Waals surface area (Å²) in [6.07, 6.45) is 1.94. The fourth-order valence-corrected chi connectivity index (χ4v) is 1.93. The number of aliphatic hydroxyl groups excluding tert-OH is 1. The maximum absolute atomic E-state index is 12.0. The van der Waals surface area contributed by atoms with E-state index in [2.05, 4.69) is 20.6 Å². The summed E-state index contributed by atoms with van der Waals surface area (Å²) in [5, 5.41) is 22.3. The third-order valence-electron chi connectivity index (χ3n) is 3.12. The van der Waals surface area contributed by atoms with E-state index in [-0.39, 0.29) is 24.8 Å². The van der Waals surface area contributed by atoms with Crippen molar-refractivity contribution in [2.75, 3.05) is 29.9 Å². The highest BCUT2D eigenvalue weighted by Crippen LogP contribution is 2.21. The molecular weight excluding hydrogens is 310 g/mol. The lowest BCUT2D eigenvalue weighted by Gasteiger charge is -2.11. The number of nitrogens with two attached hydrogens (primary N) is 2. The molecule has 0 aliphatic rings. The lowest BCUT2D eigenvalue weighted by molar-refractivity contribution is -0.114. The van der Waals surface area contributed by atoms with Crippen molar-refractivity contribution < 1.29 is 9.90 Å². The van der Waals surface area contributed by atoms with Crippen LogP contribution in [0.4, 0.5) is 23.1 Å². The molecule has 0 aliphatic heterocycles. The van der Waals surface area contributed by atoms with E-state index in [1.807, 2.05) is 0 Å². The highest BCUT2D eigenvalue weighted by Gasteiger charge is 2.15. The van der Waals surface area contributed by atoms with Crippen LogP contribution in [-0.2, 0) is 4.79 Å². The molecule has 8 N–H and O–H groups in total. The second kappa shape index (κ2) is 7.88. The lowest BCUT2D eigenvalue weighted by Crippen LogP contribution is -2.32. The first-order valence-electron chi connectivity index (χ1n) is 7.24. The lowest BCUT2D eigenvalue weighted by atomic mass is 10.1. The van der Waals surface area contributed by atoms with E-state index in [0.29, 0.717) is 29.2 Å². The van der Waals surface area contributed by atoms with E-state index in [1.165, 1.54) is 6.20 Å². The van der Waals surface area contributed by atoms with Crippen LogP contribution in [0, 0.1) is 5.41 Å². The summed E-state index contributed by atoms with van der Waals surface area (Å²) in [7, 11) is 0. The molecule has 0 saturated carbocycles. The predicted molar refractivity (Wildman–Crippen MR) is 92.1 cm³/mol. The number of carbonyl (C=O) groups is 1. The summed E-state index contributed by atoms with van der Waals surface area (Å²) < 4.78 is 0. The molecule has 0 radical (unpaired) electrons. The summed E-state index contributed by atoms with van der Waals surface area (Å²) >= 11 is 0. The van der Waals surface area contributed by atoms with Crippen LogP contribution >= 0.6 is 0 Å². The molecule has 126 valence electrons. The summed E-state index contributed by atoms with van der Waals surface area (Å²) in [4.78, 5) is 19.8. The van der Waals surface area contributed by atoms with Gasteiger partial charge in [0.15, 0.2) is 0 Å². The molecule has 1 amide bonds. The normalized spacial score (nSPS) is 10.2. The molecule has 1 aromatic heterocycles. The molecule has 24 heavy (non-hydrogen) atoms. The number of hydrogen-bond donors (Lipinski definition) is 6. The molecule has 0 spiro atoms. The van der Waals surface area contributed by atoms with Crippen LogP contribution in [0.1, 0.15) is 12.0 Å². The minimum absolute atomic E-state index is 0.0305. The smallest absolute Gasteiger partial charge is 0.269 e. The van der Waals surface area contributed by atoms with Gasteiger partial charge in [0, 0.05) is 36.3 Å². The number of rotatable bonds is 7. The van der Waals surface area contributed by atoms with E-state index in [0.717, 1.165) is 0 Å². The van der Waals surface area contributed by atoms with Gasteiger partial charge in [0.05, 0.1) is 0 Å². The van der Waals surface area contributed by atoms with Gasteiger partial charge in [0.25, 0.3) is 5.91 Å². The van der Waals surface area contributed by atoms with Crippen LogP contribution in [0.2, 0.25) is 0 Å². The molecule has 1 heterocycles. The molecule has 1 aromatic carbocycles. The second-order valence-corrected chi connectivity index (χ2v) is 4.94. The Labute approximate surface area is 138 Å². The third-order valence-corrected chi connectivity index (χ3v) is 3.12. The van der Waals surface area contributed by atoms with Crippen molar-refractivity contribution in [3.63, 3.8) is 0 Å². The monoisotopic (exact) mass is 329 g/mol. The average Bonchev–Trinajstić information content (AvgIpc) is 2.56. The van der Waals surface area contributed by atoms with Gasteiger partial charge in [-0.2, -0.15) is 4.98 Å². The zero-order valence-corrected chi connectivity index (χ0v) is 12.9. The molecule has 9 nitrogen and oxygen atoms in total. The Balaban J connectivity index is 2.16. The van der Waals surface area contributed by atoms with Gasteiger partial charge in [0.1, 0.15) is 11.5 Å². The molecule has 0 unspecified atom stereocenters. The SMILES string of the molecule is N=C(C(=O)NCCCO)c1cc(Nc2ccnc(N)n2)ccc1N. The average molecular weight is 329 g/mol. The number of amides is 1. The largest absolute Gasteiger partial charge is 0.398 e. The summed E-state index contributed by atoms with van der Waals surface area (Å²) in [5.41, 5.74) is 12.3. The highest BCUT2D eigenvalue weighted by atomic mass is 16.3. The Morgan fingerprint density at radius 2 is 2.08 bits per heavy atom. The molecule has 2 rings (SSSR count). The van der Waals surface area contributed by atoms with Crippen LogP contribution in [0.15, 0.2) is 30.5 Å². The Morgan fingerprint density at radius 3 is 2.79 bits per heavy atom. The number of aromatic nitrogens is 2. The van der Waals surface area contributed by atoms with Crippen molar-refractivity contribution in [1.82, 2.24) is 15.3 Å². The number of nitrogens with one attached hydrogen (secondary N) is 3. The topological polar surface area (TPSA) is 163 Å². The fourth-order valence-electron chi connectivity index (χ4n) is 1.93. The van der Waals surface area contributed by atoms with E-state index >= 15 is 0 Å². The molecule has 0 bridgehead atoms. The van der Waals surface area contributed by atoms with Crippen molar-refractivity contribution in [2.45, 2.75) is 6.42 Å². The first kappa shape index (κ1) is 17.2. The van der Waals surface area contributed by atoms with Crippen LogP contribution in [-0.4, -0.2) is 39.8 Å². The number of nitrogens with zero attached hydrogens (tertiary/aromatic N) is 2. The van der Waals surface area contributed by atoms with E-state index in [9.17, 15) is 4.79 Å². The van der Waals surface area contributed by atoms with Crippen molar-refractivity contribution in [3.05, 3.63) is 36.0 Å². The number of carbonyl (C=O) groups excluding carboxylic acids is 1. The number of nitrogen functional groups attached to an aromatic ring is 2. The van der Waals surface area contributed by atoms with Crippen molar-refractivity contribution in [3.8, 4) is 0 Å². The maximum Gasteiger partial charge on any atom is 0.269 e. The first-order valence-corrected chi connectivity index (χ1v) is 7.24. The highest BCUT2D eigenvalue weighted by molar-refractivity contribution is 6.45. The summed E-state index contributed by atoms with van der Waals surface area (Å²) in [6.45, 7) is 0.257. The van der Waals surface area contributed by atoms with Gasteiger partial charge in [-0.3, -0.25) is 10.2 Å². The van der Waals surface area contributed by atoms with E-state index in [1.54, 1.807) is 24.3 Å². The van der Waals surface area contributed by atoms with Gasteiger partial charge in [-0.15, -0.1) is 0 Å². The summed E-state index contributed by atoms with van der Waals surface area (Å²) in [5.74, 6) is 0.0578. The Morgan fingerprint density at radius 1 is 1.29 bits per heavy atom. The third kappa shape index (κ3) is 4.40. The van der Waals surface area contributed by atoms with E-state index in [4.69, 9.17) is 22.0 Å². The molecular formula is C15H19N7O2. The van der Waals surface area contributed by atoms with Gasteiger partial charge >= 0.3 is 0 Å². The van der Waals surface area contributed by atoms with Crippen molar-refractivity contribution in [1.29, 1.82) is 5.41 Å². The van der Waals surface area contributed by atoms with Crippen LogP contribution in [0.25, 0.3) is 0 Å². The summed E-state index contributed by atoms with van der Waals surface area (Å²) in [6, 6.07) is 6.52. The minimum Gasteiger partial charge on any atom is -0.398 e. The number of benzene rings is 1. The van der Waals surface area contributed by atoms with Crippen molar-refractivity contribution in [2.24, 2.45) is 0 Å². The number of anilines is 4. The quantitative estimate of drug-likeness (QED) is 0.241. The minimum atomic E-state index is -0.557. The Kier molecular flexibility index (Phi) is 5.63. The molecule has 2 aromatic rings. The molecule has 9 heteroatoms. The van der Waals surface area contributed by atoms with Crippen LogP contribution in [0.5, 0.6) is 0 Å². The van der Waals surface area contributed by atoms with Crippen LogP contribution < -0.4 is 22.1 Å². The van der Waals surface area contributed by atoms with Gasteiger partial charge < -0.3 is 27.2 Å². The molecule has 0 fully saturated rings. The van der Waals surface area contributed by atoms with Gasteiger partial charge in [0.2, 0.25) is 5.95 Å². The van der Waals surface area contributed by atoms with Gasteiger partial charge in [-0.1, -0.05) is 0 Å². The molecule has 0 saturated heterocycles. The maximum atomic E-state index is 12.0. The van der Waals surface area contributed by atoms with Gasteiger partial charge in [-0.25, -0.2) is 4.98 Å². The van der Waals surface area contributed by atoms with Crippen LogP contribution in [0.3, 0.4) is 0 Å². The number of aliphatic hydroxyl groups is 1. The zero-order valence-electron chi connectivity index (χ0n) is 12.9. The molecule has 0 atom stereocenters. The van der Waals surface area contributed by atoms with Gasteiger partial charge in [-0.05, 0) is 30.7 Å². The fraction of sp³-hybridized carbons (Fsp3) is 0.200. The van der Waals surface area contributed by atoms with Crippen molar-refractivity contribution >= 4 is 34.8 Å².